The molecule has 0 bridgehead atoms. The minimum Gasteiger partial charge on any atom is -0.481 e. The fourth-order valence-electron chi connectivity index (χ4n) is 3.22. The standard InChI is InChI=1S/C18H22N4O3/c1-22-11-15(16(21-22)12-5-3-2-4-6-12)20-18(25)19-14-9-7-13(8-10-14)17(23)24/h2-6,11,13-14H,7-10H2,1H3,(H,23,24)(H2,19,20,25). The molecule has 7 nitrogen and oxygen atoms in total. The van der Waals surface area contributed by atoms with Crippen LogP contribution >= 0.6 is 0 Å². The number of aromatic nitrogens is 2. The van der Waals surface area contributed by atoms with Gasteiger partial charge in [-0.2, -0.15) is 5.10 Å². The molecule has 1 aliphatic rings. The predicted molar refractivity (Wildman–Crippen MR) is 94.2 cm³/mol. The number of anilines is 1. The number of benzene rings is 1. The third kappa shape index (κ3) is 4.17. The number of carbonyl (C=O) groups excluding carboxylic acids is 1. The lowest BCUT2D eigenvalue weighted by Crippen LogP contribution is -2.41. The molecule has 0 atom stereocenters. The summed E-state index contributed by atoms with van der Waals surface area (Å²) in [5, 5.41) is 19.2. The summed E-state index contributed by atoms with van der Waals surface area (Å²) in [5.41, 5.74) is 2.29. The summed E-state index contributed by atoms with van der Waals surface area (Å²) >= 11 is 0. The molecule has 25 heavy (non-hydrogen) atoms. The van der Waals surface area contributed by atoms with Gasteiger partial charge in [0.25, 0.3) is 0 Å². The van der Waals surface area contributed by atoms with Gasteiger partial charge in [0.1, 0.15) is 5.69 Å². The third-order valence-corrected chi connectivity index (χ3v) is 4.54. The highest BCUT2D eigenvalue weighted by molar-refractivity contribution is 5.93. The van der Waals surface area contributed by atoms with E-state index in [0.29, 0.717) is 37.1 Å². The fraction of sp³-hybridized carbons (Fsp3) is 0.389. The molecule has 1 aromatic carbocycles. The number of carboxylic acid groups (broad SMARTS) is 1. The predicted octanol–water partition coefficient (Wildman–Crippen LogP) is 2.85. The fourth-order valence-corrected chi connectivity index (χ4v) is 3.22. The molecule has 1 saturated carbocycles. The van der Waals surface area contributed by atoms with Crippen molar-refractivity contribution in [2.45, 2.75) is 31.7 Å². The van der Waals surface area contributed by atoms with Crippen molar-refractivity contribution in [3.05, 3.63) is 36.5 Å². The van der Waals surface area contributed by atoms with Gasteiger partial charge in [-0.15, -0.1) is 0 Å². The van der Waals surface area contributed by atoms with Gasteiger partial charge in [0.05, 0.1) is 11.6 Å². The normalized spacial score (nSPS) is 20.0. The van der Waals surface area contributed by atoms with E-state index in [4.69, 9.17) is 5.11 Å². The molecule has 7 heteroatoms. The maximum Gasteiger partial charge on any atom is 0.319 e. The molecule has 2 amide bonds. The average Bonchev–Trinajstić information content (AvgIpc) is 2.96. The zero-order valence-corrected chi connectivity index (χ0v) is 14.1. The molecule has 0 spiro atoms. The molecular formula is C18H22N4O3. The number of nitrogens with one attached hydrogen (secondary N) is 2. The smallest absolute Gasteiger partial charge is 0.319 e. The highest BCUT2D eigenvalue weighted by atomic mass is 16.4. The molecule has 1 aliphatic carbocycles. The Hall–Kier alpha value is -2.83. The first-order valence-electron chi connectivity index (χ1n) is 8.42. The number of nitrogens with zero attached hydrogens (tertiary/aromatic N) is 2. The Morgan fingerprint density at radius 2 is 1.84 bits per heavy atom. The van der Waals surface area contributed by atoms with Crippen LogP contribution in [0, 0.1) is 5.92 Å². The quantitative estimate of drug-likeness (QED) is 0.796. The molecule has 1 heterocycles. The summed E-state index contributed by atoms with van der Waals surface area (Å²) in [6.07, 6.45) is 4.33. The van der Waals surface area contributed by atoms with E-state index < -0.39 is 5.97 Å². The van der Waals surface area contributed by atoms with Crippen LogP contribution in [0.3, 0.4) is 0 Å². The molecule has 1 fully saturated rings. The zero-order valence-electron chi connectivity index (χ0n) is 14.1. The van der Waals surface area contributed by atoms with Gasteiger partial charge in [0.2, 0.25) is 0 Å². The zero-order chi connectivity index (χ0) is 17.8. The Morgan fingerprint density at radius 3 is 2.48 bits per heavy atom. The van der Waals surface area contributed by atoms with Crippen molar-refractivity contribution < 1.29 is 14.7 Å². The lowest BCUT2D eigenvalue weighted by atomic mass is 9.86. The van der Waals surface area contributed by atoms with Crippen molar-refractivity contribution >= 4 is 17.7 Å². The van der Waals surface area contributed by atoms with Crippen molar-refractivity contribution in [3.8, 4) is 11.3 Å². The molecular weight excluding hydrogens is 320 g/mol. The van der Waals surface area contributed by atoms with E-state index in [-0.39, 0.29) is 18.0 Å². The van der Waals surface area contributed by atoms with Crippen LogP contribution in [-0.2, 0) is 11.8 Å². The van der Waals surface area contributed by atoms with Crippen LogP contribution in [0.2, 0.25) is 0 Å². The molecule has 1 aromatic heterocycles. The second-order valence-electron chi connectivity index (χ2n) is 6.42. The number of aliphatic carboxylic acids is 1. The Morgan fingerprint density at radius 1 is 1.16 bits per heavy atom. The molecule has 0 saturated heterocycles. The first-order chi connectivity index (χ1) is 12.0. The van der Waals surface area contributed by atoms with E-state index in [0.717, 1.165) is 5.56 Å². The Bertz CT molecular complexity index is 749. The number of hydrogen-bond acceptors (Lipinski definition) is 3. The van der Waals surface area contributed by atoms with Crippen molar-refractivity contribution in [2.24, 2.45) is 13.0 Å². The monoisotopic (exact) mass is 342 g/mol. The van der Waals surface area contributed by atoms with E-state index >= 15 is 0 Å². The number of carboxylic acids is 1. The topological polar surface area (TPSA) is 96.2 Å². The van der Waals surface area contributed by atoms with E-state index in [1.54, 1.807) is 10.9 Å². The minimum absolute atomic E-state index is 0.00690. The van der Waals surface area contributed by atoms with Gasteiger partial charge in [-0.25, -0.2) is 4.79 Å². The number of urea groups is 1. The summed E-state index contributed by atoms with van der Waals surface area (Å²) < 4.78 is 1.66. The molecule has 3 rings (SSSR count). The molecule has 0 radical (unpaired) electrons. The highest BCUT2D eigenvalue weighted by Crippen LogP contribution is 2.27. The van der Waals surface area contributed by atoms with Gasteiger partial charge in [-0.1, -0.05) is 30.3 Å². The van der Waals surface area contributed by atoms with Gasteiger partial charge >= 0.3 is 12.0 Å². The molecule has 3 N–H and O–H groups in total. The van der Waals surface area contributed by atoms with Crippen LogP contribution in [0.5, 0.6) is 0 Å². The van der Waals surface area contributed by atoms with E-state index in [2.05, 4.69) is 15.7 Å². The van der Waals surface area contributed by atoms with E-state index in [9.17, 15) is 9.59 Å². The Labute approximate surface area is 146 Å². The van der Waals surface area contributed by atoms with Gasteiger partial charge in [0.15, 0.2) is 0 Å². The summed E-state index contributed by atoms with van der Waals surface area (Å²) in [6.45, 7) is 0. The average molecular weight is 342 g/mol. The van der Waals surface area contributed by atoms with Gasteiger partial charge in [0, 0.05) is 24.8 Å². The maximum absolute atomic E-state index is 12.3. The maximum atomic E-state index is 12.3. The van der Waals surface area contributed by atoms with E-state index in [1.165, 1.54) is 0 Å². The second-order valence-corrected chi connectivity index (χ2v) is 6.42. The molecule has 2 aromatic rings. The highest BCUT2D eigenvalue weighted by Gasteiger charge is 2.27. The molecule has 0 aliphatic heterocycles. The van der Waals surface area contributed by atoms with Crippen LogP contribution in [0.25, 0.3) is 11.3 Å². The number of aryl methyl sites for hydroxylation is 1. The number of carbonyl (C=O) groups is 2. The summed E-state index contributed by atoms with van der Waals surface area (Å²) in [5.74, 6) is -1.03. The Kier molecular flexibility index (Phi) is 5.02. The van der Waals surface area contributed by atoms with E-state index in [1.807, 2.05) is 37.4 Å². The first kappa shape index (κ1) is 17.0. The van der Waals surface area contributed by atoms with Crippen LogP contribution in [0.1, 0.15) is 25.7 Å². The molecule has 0 unspecified atom stereocenters. The number of amides is 2. The largest absolute Gasteiger partial charge is 0.481 e. The third-order valence-electron chi connectivity index (χ3n) is 4.54. The van der Waals surface area contributed by atoms with Crippen molar-refractivity contribution in [1.29, 1.82) is 0 Å². The van der Waals surface area contributed by atoms with Gasteiger partial charge in [-0.05, 0) is 25.7 Å². The number of rotatable bonds is 4. The number of hydrogen-bond donors (Lipinski definition) is 3. The lowest BCUT2D eigenvalue weighted by molar-refractivity contribution is -0.142. The lowest BCUT2D eigenvalue weighted by Gasteiger charge is -2.26. The van der Waals surface area contributed by atoms with Crippen LogP contribution in [0.4, 0.5) is 10.5 Å². The summed E-state index contributed by atoms with van der Waals surface area (Å²) in [7, 11) is 1.81. The van der Waals surface area contributed by atoms with Gasteiger partial charge < -0.3 is 15.7 Å². The van der Waals surface area contributed by atoms with Crippen molar-refractivity contribution in [1.82, 2.24) is 15.1 Å². The van der Waals surface area contributed by atoms with Crippen molar-refractivity contribution in [3.63, 3.8) is 0 Å². The summed E-state index contributed by atoms with van der Waals surface area (Å²) in [6, 6.07) is 9.39. The SMILES string of the molecule is Cn1cc(NC(=O)NC2CCC(C(=O)O)CC2)c(-c2ccccc2)n1. The minimum atomic E-state index is -0.745. The van der Waals surface area contributed by atoms with Gasteiger partial charge in [-0.3, -0.25) is 9.48 Å². The Balaban J connectivity index is 1.62. The second kappa shape index (κ2) is 7.38. The van der Waals surface area contributed by atoms with Crippen LogP contribution < -0.4 is 10.6 Å². The summed E-state index contributed by atoms with van der Waals surface area (Å²) in [4.78, 5) is 23.3. The van der Waals surface area contributed by atoms with Crippen molar-refractivity contribution in [2.75, 3.05) is 5.32 Å². The first-order valence-corrected chi connectivity index (χ1v) is 8.42. The van der Waals surface area contributed by atoms with Crippen LogP contribution in [-0.4, -0.2) is 32.9 Å². The molecule has 132 valence electrons. The van der Waals surface area contributed by atoms with Crippen LogP contribution in [0.15, 0.2) is 36.5 Å².